The van der Waals surface area contributed by atoms with Crippen molar-refractivity contribution >= 4 is 23.6 Å². The maximum absolute atomic E-state index is 12.8. The van der Waals surface area contributed by atoms with Gasteiger partial charge in [-0.05, 0) is 25.7 Å². The van der Waals surface area contributed by atoms with Crippen LogP contribution in [0.4, 0.5) is 52.7 Å². The molecule has 0 aromatic rings. The van der Waals surface area contributed by atoms with E-state index in [9.17, 15) is 71.9 Å². The topological polar surface area (TPSA) is 98.8 Å². The molecule has 0 spiro atoms. The summed E-state index contributed by atoms with van der Waals surface area (Å²) in [7, 11) is 0. The summed E-state index contributed by atoms with van der Waals surface area (Å²) in [6.45, 7) is -4.53. The number of carbonyl (C=O) groups is 4. The molecule has 0 unspecified atom stereocenters. The summed E-state index contributed by atoms with van der Waals surface area (Å²) in [4.78, 5) is 44.8. The number of carbonyl (C=O) groups excluding carboxylic acids is 4. The Kier molecular flexibility index (Phi) is 13.2. The number of hydrogen-bond acceptors (Lipinski definition) is 4. The van der Waals surface area contributed by atoms with Crippen molar-refractivity contribution < 1.29 is 71.9 Å². The van der Waals surface area contributed by atoms with Crippen LogP contribution in [0.2, 0.25) is 0 Å². The lowest BCUT2D eigenvalue weighted by Gasteiger charge is -2.26. The van der Waals surface area contributed by atoms with Gasteiger partial charge in [0.15, 0.2) is 0 Å². The van der Waals surface area contributed by atoms with Crippen LogP contribution in [0.1, 0.15) is 25.7 Å². The van der Waals surface area contributed by atoms with E-state index < -0.39 is 113 Å². The normalized spacial score (nSPS) is 12.6. The SMILES string of the molecule is O=C(NCCCN(CCCCN(CCCNC(=O)C(F)(F)F)C(=O)C(F)(F)F)C(=O)C(F)(F)F)C(F)(F)F. The van der Waals surface area contributed by atoms with Gasteiger partial charge in [-0.25, -0.2) is 0 Å². The highest BCUT2D eigenvalue weighted by Crippen LogP contribution is 2.21. The van der Waals surface area contributed by atoms with E-state index in [2.05, 4.69) is 0 Å². The first-order chi connectivity index (χ1) is 17.1. The molecule has 0 aliphatic carbocycles. The van der Waals surface area contributed by atoms with Crippen molar-refractivity contribution in [1.82, 2.24) is 20.4 Å². The van der Waals surface area contributed by atoms with Crippen molar-refractivity contribution in [3.8, 4) is 0 Å². The largest absolute Gasteiger partial charge is 0.471 e. The number of amides is 4. The minimum absolute atomic E-state index is 0.155. The number of halogens is 12. The first-order valence-electron chi connectivity index (χ1n) is 10.5. The quantitative estimate of drug-likeness (QED) is 0.256. The first kappa shape index (κ1) is 35.0. The van der Waals surface area contributed by atoms with E-state index in [-0.39, 0.29) is 9.80 Å². The van der Waals surface area contributed by atoms with Gasteiger partial charge in [-0.15, -0.1) is 0 Å². The summed E-state index contributed by atoms with van der Waals surface area (Å²) in [6.07, 6.45) is -23.2. The predicted octanol–water partition coefficient (Wildman–Crippen LogP) is 2.69. The molecule has 38 heavy (non-hydrogen) atoms. The zero-order chi connectivity index (χ0) is 29.9. The molecule has 0 aromatic carbocycles. The van der Waals surface area contributed by atoms with Gasteiger partial charge >= 0.3 is 48.3 Å². The second-order valence-electron chi connectivity index (χ2n) is 7.50. The minimum atomic E-state index is -5.39. The van der Waals surface area contributed by atoms with Gasteiger partial charge in [0, 0.05) is 39.3 Å². The molecule has 0 rings (SSSR count). The summed E-state index contributed by atoms with van der Waals surface area (Å²) in [5.41, 5.74) is 0. The number of unbranched alkanes of at least 4 members (excludes halogenated alkanes) is 1. The molecule has 0 saturated heterocycles. The van der Waals surface area contributed by atoms with Crippen molar-refractivity contribution in [2.75, 3.05) is 39.3 Å². The number of nitrogens with zero attached hydrogens (tertiary/aromatic N) is 2. The van der Waals surface area contributed by atoms with Gasteiger partial charge in [0.1, 0.15) is 0 Å². The second kappa shape index (κ2) is 14.3. The smallest absolute Gasteiger partial charge is 0.348 e. The van der Waals surface area contributed by atoms with Crippen molar-refractivity contribution in [3.63, 3.8) is 0 Å². The minimum Gasteiger partial charge on any atom is -0.348 e. The highest BCUT2D eigenvalue weighted by atomic mass is 19.4. The maximum atomic E-state index is 12.8. The molecule has 0 aromatic heterocycles. The molecule has 4 amide bonds. The van der Waals surface area contributed by atoms with Crippen LogP contribution < -0.4 is 10.6 Å². The third kappa shape index (κ3) is 13.5. The molecular formula is C18H22F12N4O4. The van der Waals surface area contributed by atoms with Crippen molar-refractivity contribution in [2.45, 2.75) is 50.4 Å². The monoisotopic (exact) mass is 586 g/mol. The van der Waals surface area contributed by atoms with E-state index in [1.54, 1.807) is 0 Å². The Morgan fingerprint density at radius 2 is 0.711 bits per heavy atom. The molecule has 0 fully saturated rings. The lowest BCUT2D eigenvalue weighted by molar-refractivity contribution is -0.186. The predicted molar refractivity (Wildman–Crippen MR) is 102 cm³/mol. The van der Waals surface area contributed by atoms with Gasteiger partial charge in [0.25, 0.3) is 0 Å². The molecule has 0 bridgehead atoms. The fourth-order valence-electron chi connectivity index (χ4n) is 2.74. The fourth-order valence-corrected chi connectivity index (χ4v) is 2.74. The van der Waals surface area contributed by atoms with Crippen LogP contribution in [0.25, 0.3) is 0 Å². The Morgan fingerprint density at radius 1 is 0.447 bits per heavy atom. The average Bonchev–Trinajstić information content (AvgIpc) is 2.75. The third-order valence-corrected chi connectivity index (χ3v) is 4.46. The lowest BCUT2D eigenvalue weighted by Crippen LogP contribution is -2.45. The zero-order valence-electron chi connectivity index (χ0n) is 19.1. The second-order valence-corrected chi connectivity index (χ2v) is 7.50. The molecule has 2 N–H and O–H groups in total. The molecule has 0 saturated carbocycles. The van der Waals surface area contributed by atoms with Crippen LogP contribution in [0.15, 0.2) is 0 Å². The highest BCUT2D eigenvalue weighted by Gasteiger charge is 2.44. The van der Waals surface area contributed by atoms with Crippen LogP contribution >= 0.6 is 0 Å². The molecular weight excluding hydrogens is 564 g/mol. The zero-order valence-corrected chi connectivity index (χ0v) is 19.1. The Balaban J connectivity index is 4.97. The fraction of sp³-hybridized carbons (Fsp3) is 0.778. The maximum Gasteiger partial charge on any atom is 0.471 e. The summed E-state index contributed by atoms with van der Waals surface area (Å²) >= 11 is 0. The summed E-state index contributed by atoms with van der Waals surface area (Å²) in [5.74, 6) is -9.52. The Morgan fingerprint density at radius 3 is 0.947 bits per heavy atom. The molecule has 0 atom stereocenters. The van der Waals surface area contributed by atoms with E-state index >= 15 is 0 Å². The van der Waals surface area contributed by atoms with E-state index in [0.29, 0.717) is 0 Å². The van der Waals surface area contributed by atoms with E-state index in [0.717, 1.165) is 0 Å². The molecule has 0 aliphatic rings. The van der Waals surface area contributed by atoms with Crippen LogP contribution in [0.5, 0.6) is 0 Å². The van der Waals surface area contributed by atoms with Crippen molar-refractivity contribution in [2.24, 2.45) is 0 Å². The van der Waals surface area contributed by atoms with Crippen LogP contribution in [0, 0.1) is 0 Å². The lowest BCUT2D eigenvalue weighted by atomic mass is 10.2. The Hall–Kier alpha value is -2.96. The van der Waals surface area contributed by atoms with E-state index in [1.165, 1.54) is 10.6 Å². The average molecular weight is 586 g/mol. The summed E-state index contributed by atoms with van der Waals surface area (Å²) in [5, 5.41) is 2.76. The molecule has 0 radical (unpaired) electrons. The first-order valence-corrected chi connectivity index (χ1v) is 10.5. The van der Waals surface area contributed by atoms with Crippen LogP contribution in [-0.2, 0) is 19.2 Å². The van der Waals surface area contributed by atoms with Crippen molar-refractivity contribution in [3.05, 3.63) is 0 Å². The van der Waals surface area contributed by atoms with Gasteiger partial charge in [-0.3, -0.25) is 19.2 Å². The van der Waals surface area contributed by atoms with Crippen LogP contribution in [0.3, 0.4) is 0 Å². The number of rotatable bonds is 13. The molecule has 8 nitrogen and oxygen atoms in total. The van der Waals surface area contributed by atoms with Crippen LogP contribution in [-0.4, -0.2) is 97.4 Å². The highest BCUT2D eigenvalue weighted by molar-refractivity contribution is 5.83. The Bertz CT molecular complexity index is 743. The molecule has 20 heteroatoms. The molecule has 0 heterocycles. The summed E-state index contributed by atoms with van der Waals surface area (Å²) < 4.78 is 149. The number of alkyl halides is 12. The van der Waals surface area contributed by atoms with Gasteiger partial charge in [-0.2, -0.15) is 52.7 Å². The molecule has 222 valence electrons. The third-order valence-electron chi connectivity index (χ3n) is 4.46. The van der Waals surface area contributed by atoms with E-state index in [4.69, 9.17) is 0 Å². The van der Waals surface area contributed by atoms with E-state index in [1.807, 2.05) is 0 Å². The molecule has 0 aliphatic heterocycles. The van der Waals surface area contributed by atoms with Gasteiger partial charge in [0.05, 0.1) is 0 Å². The standard InChI is InChI=1S/C18H22F12N4O4/c19-15(20,21)11(35)31-5-3-9-33(13(37)17(25,26)27)7-1-2-8-34(14(38)18(28,29)30)10-4-6-32-12(36)16(22,23)24/h1-10H2,(H,31,35)(H,32,36). The number of hydrogen-bond donors (Lipinski definition) is 2. The van der Waals surface area contributed by atoms with Gasteiger partial charge < -0.3 is 20.4 Å². The number of nitrogens with one attached hydrogen (secondary N) is 2. The van der Waals surface area contributed by atoms with Gasteiger partial charge in [0.2, 0.25) is 0 Å². The summed E-state index contributed by atoms with van der Waals surface area (Å²) in [6, 6.07) is 0. The van der Waals surface area contributed by atoms with Crippen molar-refractivity contribution in [1.29, 1.82) is 0 Å². The Labute approximate surface area is 206 Å². The van der Waals surface area contributed by atoms with Gasteiger partial charge in [-0.1, -0.05) is 0 Å².